The van der Waals surface area contributed by atoms with Crippen molar-refractivity contribution in [3.8, 4) is 0 Å². The lowest BCUT2D eigenvalue weighted by molar-refractivity contribution is 0.589. The second kappa shape index (κ2) is 4.77. The van der Waals surface area contributed by atoms with Crippen LogP contribution in [0.25, 0.3) is 0 Å². The zero-order valence-electron chi connectivity index (χ0n) is 8.92. The Hall–Kier alpha value is -0.340. The number of hydrogen-bond acceptors (Lipinski definition) is 2. The minimum Gasteiger partial charge on any atom is -0.310 e. The molecule has 0 radical (unpaired) electrons. The van der Waals surface area contributed by atoms with E-state index in [1.807, 2.05) is 11.3 Å². The van der Waals surface area contributed by atoms with E-state index in [-0.39, 0.29) is 0 Å². The normalized spacial score (nSPS) is 11.5. The molecule has 0 aliphatic rings. The van der Waals surface area contributed by atoms with Crippen LogP contribution >= 0.6 is 11.3 Å². The predicted octanol–water partition coefficient (Wildman–Crippen LogP) is 3.37. The SMILES string of the molecule is CC(C)NCc1csc(C(C)C)c1. The fraction of sp³-hybridized carbons (Fsp3) is 0.636. The Morgan fingerprint density at radius 2 is 2.00 bits per heavy atom. The molecular formula is C11H19NS. The fourth-order valence-electron chi connectivity index (χ4n) is 1.11. The van der Waals surface area contributed by atoms with Crippen LogP contribution in [0.15, 0.2) is 11.4 Å². The molecule has 1 heterocycles. The Balaban J connectivity index is 2.49. The van der Waals surface area contributed by atoms with Crippen molar-refractivity contribution in [2.24, 2.45) is 0 Å². The van der Waals surface area contributed by atoms with Gasteiger partial charge in [0.05, 0.1) is 0 Å². The van der Waals surface area contributed by atoms with Crippen LogP contribution in [-0.4, -0.2) is 6.04 Å². The summed E-state index contributed by atoms with van der Waals surface area (Å²) in [5, 5.41) is 5.68. The second-order valence-electron chi connectivity index (χ2n) is 4.05. The van der Waals surface area contributed by atoms with Crippen LogP contribution in [0, 0.1) is 0 Å². The van der Waals surface area contributed by atoms with Gasteiger partial charge in [0.2, 0.25) is 0 Å². The Kier molecular flexibility index (Phi) is 3.94. The van der Waals surface area contributed by atoms with Crippen molar-refractivity contribution in [2.75, 3.05) is 0 Å². The van der Waals surface area contributed by atoms with E-state index in [1.54, 1.807) is 0 Å². The molecule has 0 amide bonds. The average molecular weight is 197 g/mol. The van der Waals surface area contributed by atoms with Gasteiger partial charge in [0.25, 0.3) is 0 Å². The quantitative estimate of drug-likeness (QED) is 0.780. The summed E-state index contributed by atoms with van der Waals surface area (Å²) in [6, 6.07) is 2.88. The highest BCUT2D eigenvalue weighted by atomic mass is 32.1. The van der Waals surface area contributed by atoms with Crippen LogP contribution in [0.4, 0.5) is 0 Å². The van der Waals surface area contributed by atoms with Gasteiger partial charge in [-0.15, -0.1) is 11.3 Å². The topological polar surface area (TPSA) is 12.0 Å². The van der Waals surface area contributed by atoms with Crippen molar-refractivity contribution in [3.05, 3.63) is 21.9 Å². The predicted molar refractivity (Wildman–Crippen MR) is 60.4 cm³/mol. The van der Waals surface area contributed by atoms with Crippen LogP contribution in [0.2, 0.25) is 0 Å². The second-order valence-corrected chi connectivity index (χ2v) is 4.99. The maximum absolute atomic E-state index is 3.42. The van der Waals surface area contributed by atoms with Crippen LogP contribution in [0.3, 0.4) is 0 Å². The van der Waals surface area contributed by atoms with Crippen LogP contribution in [-0.2, 0) is 6.54 Å². The lowest BCUT2D eigenvalue weighted by Crippen LogP contribution is -2.21. The van der Waals surface area contributed by atoms with Crippen molar-refractivity contribution in [1.82, 2.24) is 5.32 Å². The van der Waals surface area contributed by atoms with E-state index in [4.69, 9.17) is 0 Å². The number of thiophene rings is 1. The lowest BCUT2D eigenvalue weighted by Gasteiger charge is -2.05. The molecule has 0 atom stereocenters. The van der Waals surface area contributed by atoms with Crippen molar-refractivity contribution in [3.63, 3.8) is 0 Å². The third-order valence-corrected chi connectivity index (χ3v) is 3.24. The molecule has 0 unspecified atom stereocenters. The lowest BCUT2D eigenvalue weighted by atomic mass is 10.1. The third-order valence-electron chi connectivity index (χ3n) is 1.96. The van der Waals surface area contributed by atoms with E-state index in [0.29, 0.717) is 12.0 Å². The fourth-order valence-corrected chi connectivity index (χ4v) is 2.04. The first kappa shape index (κ1) is 10.7. The molecule has 2 heteroatoms. The Bertz CT molecular complexity index is 250. The summed E-state index contributed by atoms with van der Waals surface area (Å²) in [4.78, 5) is 1.49. The molecule has 0 aliphatic carbocycles. The largest absolute Gasteiger partial charge is 0.310 e. The van der Waals surface area contributed by atoms with Crippen molar-refractivity contribution >= 4 is 11.3 Å². The first-order chi connectivity index (χ1) is 6.09. The van der Waals surface area contributed by atoms with E-state index >= 15 is 0 Å². The number of nitrogens with one attached hydrogen (secondary N) is 1. The summed E-state index contributed by atoms with van der Waals surface area (Å²) in [5.41, 5.74) is 1.42. The van der Waals surface area contributed by atoms with Crippen molar-refractivity contribution in [1.29, 1.82) is 0 Å². The minimum atomic E-state index is 0.572. The molecule has 13 heavy (non-hydrogen) atoms. The highest BCUT2D eigenvalue weighted by Crippen LogP contribution is 2.22. The summed E-state index contributed by atoms with van der Waals surface area (Å²) in [5.74, 6) is 0.665. The zero-order valence-corrected chi connectivity index (χ0v) is 9.74. The van der Waals surface area contributed by atoms with E-state index in [9.17, 15) is 0 Å². The van der Waals surface area contributed by atoms with Crippen LogP contribution in [0.1, 0.15) is 44.1 Å². The number of hydrogen-bond donors (Lipinski definition) is 1. The van der Waals surface area contributed by atoms with Gasteiger partial charge in [0.15, 0.2) is 0 Å². The molecular weight excluding hydrogens is 178 g/mol. The van der Waals surface area contributed by atoms with Gasteiger partial charge in [-0.3, -0.25) is 0 Å². The van der Waals surface area contributed by atoms with Crippen LogP contribution in [0.5, 0.6) is 0 Å². The maximum atomic E-state index is 3.42. The molecule has 1 N–H and O–H groups in total. The maximum Gasteiger partial charge on any atom is 0.0216 e. The van der Waals surface area contributed by atoms with Gasteiger partial charge in [-0.1, -0.05) is 27.7 Å². The molecule has 0 aromatic carbocycles. The summed E-state index contributed by atoms with van der Waals surface area (Å²) < 4.78 is 0. The van der Waals surface area contributed by atoms with Crippen molar-refractivity contribution in [2.45, 2.75) is 46.2 Å². The smallest absolute Gasteiger partial charge is 0.0216 e. The van der Waals surface area contributed by atoms with E-state index in [0.717, 1.165) is 6.54 Å². The molecule has 0 fully saturated rings. The van der Waals surface area contributed by atoms with Crippen molar-refractivity contribution < 1.29 is 0 Å². The average Bonchev–Trinajstić information content (AvgIpc) is 2.48. The van der Waals surface area contributed by atoms with Gasteiger partial charge >= 0.3 is 0 Å². The summed E-state index contributed by atoms with van der Waals surface area (Å²) >= 11 is 1.87. The molecule has 1 rings (SSSR count). The molecule has 0 saturated carbocycles. The molecule has 0 aliphatic heterocycles. The molecule has 1 aromatic rings. The number of rotatable bonds is 4. The summed E-state index contributed by atoms with van der Waals surface area (Å²) in [6.07, 6.45) is 0. The van der Waals surface area contributed by atoms with E-state index < -0.39 is 0 Å². The molecule has 0 saturated heterocycles. The highest BCUT2D eigenvalue weighted by Gasteiger charge is 2.03. The first-order valence-electron chi connectivity index (χ1n) is 4.90. The van der Waals surface area contributed by atoms with Gasteiger partial charge in [-0.25, -0.2) is 0 Å². The zero-order chi connectivity index (χ0) is 9.84. The van der Waals surface area contributed by atoms with Crippen LogP contribution < -0.4 is 5.32 Å². The third kappa shape index (κ3) is 3.49. The van der Waals surface area contributed by atoms with E-state index in [2.05, 4.69) is 44.5 Å². The molecule has 74 valence electrons. The molecule has 1 nitrogen and oxygen atoms in total. The molecule has 0 bridgehead atoms. The van der Waals surface area contributed by atoms with Gasteiger partial charge in [0.1, 0.15) is 0 Å². The monoisotopic (exact) mass is 197 g/mol. The summed E-state index contributed by atoms with van der Waals surface area (Å²) in [6.45, 7) is 9.84. The van der Waals surface area contributed by atoms with Gasteiger partial charge in [-0.05, 0) is 22.9 Å². The Morgan fingerprint density at radius 1 is 1.31 bits per heavy atom. The first-order valence-corrected chi connectivity index (χ1v) is 5.78. The van der Waals surface area contributed by atoms with Gasteiger partial charge < -0.3 is 5.32 Å². The van der Waals surface area contributed by atoms with Gasteiger partial charge in [0, 0.05) is 17.5 Å². The Morgan fingerprint density at radius 3 is 2.46 bits per heavy atom. The molecule has 0 spiro atoms. The minimum absolute atomic E-state index is 0.572. The standard InChI is InChI=1S/C11H19NS/c1-8(2)11-5-10(7-13-11)6-12-9(3)4/h5,7-9,12H,6H2,1-4H3. The summed E-state index contributed by atoms with van der Waals surface area (Å²) in [7, 11) is 0. The Labute approximate surface area is 85.2 Å². The highest BCUT2D eigenvalue weighted by molar-refractivity contribution is 7.10. The van der Waals surface area contributed by atoms with E-state index in [1.165, 1.54) is 10.4 Å². The van der Waals surface area contributed by atoms with Gasteiger partial charge in [-0.2, -0.15) is 0 Å². The molecule has 1 aromatic heterocycles.